The Bertz CT molecular complexity index is 1020. The molecular weight excluding hydrogens is 381 g/mol. The van der Waals surface area contributed by atoms with E-state index < -0.39 is 11.5 Å². The molecular formula is C22H19Cl2NO2. The summed E-state index contributed by atoms with van der Waals surface area (Å²) < 4.78 is 1.96. The first-order chi connectivity index (χ1) is 12.8. The molecule has 4 rings (SSSR count). The maximum Gasteiger partial charge on any atom is 0.165 e. The normalized spacial score (nSPS) is 18.4. The lowest BCUT2D eigenvalue weighted by molar-refractivity contribution is 0.0281. The number of hydrogen-bond donors (Lipinski definition) is 1. The maximum absolute atomic E-state index is 12.8. The van der Waals surface area contributed by atoms with Crippen LogP contribution in [0.5, 0.6) is 0 Å². The summed E-state index contributed by atoms with van der Waals surface area (Å²) in [5.74, 6) is 0.0447. The summed E-state index contributed by atoms with van der Waals surface area (Å²) in [6, 6.07) is 16.7. The smallest absolute Gasteiger partial charge is 0.165 e. The van der Waals surface area contributed by atoms with Crippen molar-refractivity contribution >= 4 is 29.0 Å². The average molecular weight is 400 g/mol. The summed E-state index contributed by atoms with van der Waals surface area (Å²) in [7, 11) is 0. The SMILES string of the molecule is CC1(C)CC(=O)c2cc(-c3ccc(Cl)cc3)n(-c3ccc(Cl)cc3)c2C1O. The van der Waals surface area contributed by atoms with Crippen LogP contribution in [0.15, 0.2) is 54.6 Å². The molecule has 1 aromatic heterocycles. The third-order valence-electron chi connectivity index (χ3n) is 5.18. The summed E-state index contributed by atoms with van der Waals surface area (Å²) in [6.45, 7) is 3.83. The van der Waals surface area contributed by atoms with Crippen LogP contribution in [-0.2, 0) is 0 Å². The minimum absolute atomic E-state index is 0.0447. The van der Waals surface area contributed by atoms with Crippen molar-refractivity contribution in [3.8, 4) is 16.9 Å². The van der Waals surface area contributed by atoms with Gasteiger partial charge in [-0.15, -0.1) is 0 Å². The number of ketones is 1. The molecule has 0 spiro atoms. The number of aliphatic hydroxyl groups is 1. The number of hydrogen-bond acceptors (Lipinski definition) is 2. The summed E-state index contributed by atoms with van der Waals surface area (Å²) in [6.07, 6.45) is -0.451. The number of Topliss-reactive ketones (excluding diaryl/α,β-unsaturated/α-hetero) is 1. The van der Waals surface area contributed by atoms with Gasteiger partial charge >= 0.3 is 0 Å². The predicted octanol–water partition coefficient (Wildman–Crippen LogP) is 6.10. The maximum atomic E-state index is 12.8. The third kappa shape index (κ3) is 3.10. The zero-order valence-electron chi connectivity index (χ0n) is 15.0. The number of benzene rings is 2. The van der Waals surface area contributed by atoms with E-state index in [2.05, 4.69) is 0 Å². The van der Waals surface area contributed by atoms with E-state index in [1.165, 1.54) is 0 Å². The van der Waals surface area contributed by atoms with E-state index in [9.17, 15) is 9.90 Å². The quantitative estimate of drug-likeness (QED) is 0.565. The lowest BCUT2D eigenvalue weighted by atomic mass is 9.74. The van der Waals surface area contributed by atoms with E-state index in [-0.39, 0.29) is 5.78 Å². The molecule has 1 N–H and O–H groups in total. The van der Waals surface area contributed by atoms with Gasteiger partial charge in [0.15, 0.2) is 5.78 Å². The summed E-state index contributed by atoms with van der Waals surface area (Å²) in [5.41, 5.74) is 3.26. The van der Waals surface area contributed by atoms with Gasteiger partial charge in [0.25, 0.3) is 0 Å². The van der Waals surface area contributed by atoms with Gasteiger partial charge in [0.05, 0.1) is 11.4 Å². The highest BCUT2D eigenvalue weighted by Crippen LogP contribution is 2.46. The number of aromatic nitrogens is 1. The zero-order chi connectivity index (χ0) is 19.3. The van der Waals surface area contributed by atoms with E-state index in [4.69, 9.17) is 23.2 Å². The van der Waals surface area contributed by atoms with Crippen molar-refractivity contribution in [3.63, 3.8) is 0 Å². The Morgan fingerprint density at radius 3 is 2.15 bits per heavy atom. The Kier molecular flexibility index (Phi) is 4.42. The second-order valence-corrected chi connectivity index (χ2v) is 8.51. The van der Waals surface area contributed by atoms with Crippen LogP contribution in [0.4, 0.5) is 0 Å². The van der Waals surface area contributed by atoms with Gasteiger partial charge in [0.2, 0.25) is 0 Å². The van der Waals surface area contributed by atoms with E-state index >= 15 is 0 Å². The molecule has 1 aliphatic carbocycles. The summed E-state index contributed by atoms with van der Waals surface area (Å²) in [5, 5.41) is 12.4. The van der Waals surface area contributed by atoms with E-state index in [1.54, 1.807) is 12.1 Å². The Labute approximate surface area is 168 Å². The molecule has 1 atom stereocenters. The van der Waals surface area contributed by atoms with Crippen LogP contribution in [0.25, 0.3) is 16.9 Å². The molecule has 0 saturated heterocycles. The van der Waals surface area contributed by atoms with Crippen LogP contribution in [0.1, 0.15) is 42.4 Å². The van der Waals surface area contributed by atoms with Crippen molar-refractivity contribution in [2.24, 2.45) is 5.41 Å². The second kappa shape index (κ2) is 6.52. The molecule has 2 aromatic carbocycles. The Morgan fingerprint density at radius 1 is 1.00 bits per heavy atom. The fraction of sp³-hybridized carbons (Fsp3) is 0.227. The molecule has 1 unspecified atom stereocenters. The molecule has 0 saturated carbocycles. The number of aliphatic hydroxyl groups excluding tert-OH is 1. The lowest BCUT2D eigenvalue weighted by Crippen LogP contribution is -2.32. The van der Waals surface area contributed by atoms with E-state index in [1.807, 2.05) is 60.9 Å². The fourth-order valence-corrected chi connectivity index (χ4v) is 3.95. The molecule has 0 amide bonds. The van der Waals surface area contributed by atoms with Crippen LogP contribution in [0, 0.1) is 5.41 Å². The highest BCUT2D eigenvalue weighted by atomic mass is 35.5. The van der Waals surface area contributed by atoms with Crippen molar-refractivity contribution in [3.05, 3.63) is 75.9 Å². The van der Waals surface area contributed by atoms with Gasteiger partial charge in [-0.2, -0.15) is 0 Å². The van der Waals surface area contributed by atoms with Crippen molar-refractivity contribution in [2.45, 2.75) is 26.4 Å². The van der Waals surface area contributed by atoms with Crippen LogP contribution in [-0.4, -0.2) is 15.5 Å². The van der Waals surface area contributed by atoms with Gasteiger partial charge in [-0.3, -0.25) is 4.79 Å². The first-order valence-electron chi connectivity index (χ1n) is 8.77. The number of carbonyl (C=O) groups is 1. The zero-order valence-corrected chi connectivity index (χ0v) is 16.6. The molecule has 0 radical (unpaired) electrons. The van der Waals surface area contributed by atoms with Crippen molar-refractivity contribution < 1.29 is 9.90 Å². The molecule has 0 bridgehead atoms. The fourth-order valence-electron chi connectivity index (χ4n) is 3.70. The molecule has 1 heterocycles. The molecule has 0 fully saturated rings. The minimum Gasteiger partial charge on any atom is -0.386 e. The number of rotatable bonds is 2. The van der Waals surface area contributed by atoms with E-state index in [0.717, 1.165) is 16.9 Å². The van der Waals surface area contributed by atoms with Gasteiger partial charge in [-0.1, -0.05) is 49.2 Å². The molecule has 3 nitrogen and oxygen atoms in total. The van der Waals surface area contributed by atoms with Crippen LogP contribution < -0.4 is 0 Å². The summed E-state index contributed by atoms with van der Waals surface area (Å²) in [4.78, 5) is 12.8. The highest BCUT2D eigenvalue weighted by molar-refractivity contribution is 6.30. The van der Waals surface area contributed by atoms with Gasteiger partial charge in [0, 0.05) is 33.1 Å². The second-order valence-electron chi connectivity index (χ2n) is 7.64. The number of carbonyl (C=O) groups excluding carboxylic acids is 1. The van der Waals surface area contributed by atoms with E-state index in [0.29, 0.717) is 27.7 Å². The Balaban J connectivity index is 2.03. The summed E-state index contributed by atoms with van der Waals surface area (Å²) >= 11 is 12.1. The van der Waals surface area contributed by atoms with Gasteiger partial charge in [0.1, 0.15) is 6.10 Å². The van der Waals surface area contributed by atoms with Gasteiger partial charge in [-0.25, -0.2) is 0 Å². The van der Waals surface area contributed by atoms with Crippen LogP contribution >= 0.6 is 23.2 Å². The molecule has 1 aliphatic rings. The van der Waals surface area contributed by atoms with Gasteiger partial charge < -0.3 is 9.67 Å². The first-order valence-corrected chi connectivity index (χ1v) is 9.52. The van der Waals surface area contributed by atoms with Crippen molar-refractivity contribution in [1.29, 1.82) is 0 Å². The number of fused-ring (bicyclic) bond motifs is 1. The monoisotopic (exact) mass is 399 g/mol. The van der Waals surface area contributed by atoms with Crippen molar-refractivity contribution in [1.82, 2.24) is 4.57 Å². The molecule has 3 aromatic rings. The Morgan fingerprint density at radius 2 is 1.56 bits per heavy atom. The topological polar surface area (TPSA) is 42.2 Å². The standard InChI is InChI=1S/C22H19Cl2NO2/c1-22(2)12-19(26)17-11-18(13-3-5-14(23)6-4-13)25(20(17)21(22)27)16-9-7-15(24)8-10-16/h3-11,21,27H,12H2,1-2H3. The van der Waals surface area contributed by atoms with Crippen LogP contribution in [0.2, 0.25) is 10.0 Å². The minimum atomic E-state index is -0.762. The van der Waals surface area contributed by atoms with Gasteiger partial charge in [-0.05, 0) is 48.0 Å². The average Bonchev–Trinajstić information content (AvgIpc) is 3.02. The largest absolute Gasteiger partial charge is 0.386 e. The Hall–Kier alpha value is -2.07. The number of nitrogens with zero attached hydrogens (tertiary/aromatic N) is 1. The molecule has 27 heavy (non-hydrogen) atoms. The molecule has 0 aliphatic heterocycles. The van der Waals surface area contributed by atoms with Crippen LogP contribution in [0.3, 0.4) is 0 Å². The predicted molar refractivity (Wildman–Crippen MR) is 109 cm³/mol. The lowest BCUT2D eigenvalue weighted by Gasteiger charge is -2.35. The molecule has 138 valence electrons. The highest BCUT2D eigenvalue weighted by Gasteiger charge is 2.42. The number of halogens is 2. The van der Waals surface area contributed by atoms with Crippen molar-refractivity contribution in [2.75, 3.05) is 0 Å². The molecule has 5 heteroatoms. The first kappa shape index (κ1) is 18.3. The third-order valence-corrected chi connectivity index (χ3v) is 5.68.